The molecule has 0 saturated carbocycles. The van der Waals surface area contributed by atoms with Crippen molar-refractivity contribution in [2.75, 3.05) is 13.1 Å². The van der Waals surface area contributed by atoms with Gasteiger partial charge in [-0.3, -0.25) is 10.1 Å². The average Bonchev–Trinajstić information content (AvgIpc) is 3.01. The summed E-state index contributed by atoms with van der Waals surface area (Å²) in [5.74, 6) is 0. The zero-order valence-corrected chi connectivity index (χ0v) is 13.9. The molecular weight excluding hydrogens is 337 g/mol. The van der Waals surface area contributed by atoms with Crippen LogP contribution in [0.25, 0.3) is 0 Å². The van der Waals surface area contributed by atoms with Crippen LogP contribution in [0.2, 0.25) is 0 Å². The summed E-state index contributed by atoms with van der Waals surface area (Å²) >= 11 is 5.92. The second-order valence-corrected chi connectivity index (χ2v) is 7.36. The minimum Gasteiger partial charge on any atom is -0.443 e. The quantitative estimate of drug-likeness (QED) is 0.542. The van der Waals surface area contributed by atoms with Crippen molar-refractivity contribution in [3.05, 3.63) is 0 Å². The molecular formula is C10H19ClN5O5P. The largest absolute Gasteiger partial charge is 0.443 e. The summed E-state index contributed by atoms with van der Waals surface area (Å²) in [6, 6.07) is 0. The molecule has 10 nitrogen and oxygen atoms in total. The SMILES string of the molecule is CCC1CN(NP(N)(=O)N(Cl)N2CC(CC)OC2=O)C(=O)O1. The van der Waals surface area contributed by atoms with Crippen molar-refractivity contribution < 1.29 is 23.6 Å². The minimum absolute atomic E-state index is 0.129. The van der Waals surface area contributed by atoms with E-state index in [1.807, 2.05) is 13.8 Å². The molecule has 2 aliphatic heterocycles. The summed E-state index contributed by atoms with van der Waals surface area (Å²) in [6.07, 6.45) is -0.908. The zero-order valence-electron chi connectivity index (χ0n) is 12.3. The number of nitrogens with zero attached hydrogens (tertiary/aromatic N) is 3. The molecule has 2 saturated heterocycles. The molecule has 0 radical (unpaired) electrons. The number of carbonyl (C=O) groups excluding carboxylic acids is 2. The number of rotatable bonds is 6. The smallest absolute Gasteiger partial charge is 0.426 e. The number of halogens is 1. The van der Waals surface area contributed by atoms with Crippen LogP contribution in [-0.2, 0) is 14.0 Å². The molecule has 12 heteroatoms. The van der Waals surface area contributed by atoms with Gasteiger partial charge in [-0.2, -0.15) is 0 Å². The molecule has 2 fully saturated rings. The lowest BCUT2D eigenvalue weighted by Crippen LogP contribution is -2.46. The van der Waals surface area contributed by atoms with Gasteiger partial charge < -0.3 is 9.47 Å². The third-order valence-electron chi connectivity index (χ3n) is 3.35. The number of hydrogen-bond acceptors (Lipinski definition) is 5. The molecule has 2 heterocycles. The Labute approximate surface area is 133 Å². The fourth-order valence-corrected chi connectivity index (χ4v) is 3.32. The minimum atomic E-state index is -3.93. The normalized spacial score (nSPS) is 28.0. The third-order valence-corrected chi connectivity index (χ3v) is 5.44. The molecule has 22 heavy (non-hydrogen) atoms. The van der Waals surface area contributed by atoms with E-state index in [-0.39, 0.29) is 25.3 Å². The first-order chi connectivity index (χ1) is 10.3. The second kappa shape index (κ2) is 6.59. The van der Waals surface area contributed by atoms with Crippen LogP contribution in [-0.4, -0.2) is 51.8 Å². The van der Waals surface area contributed by atoms with E-state index in [0.717, 1.165) is 10.0 Å². The van der Waals surface area contributed by atoms with E-state index in [0.29, 0.717) is 17.1 Å². The Kier molecular flexibility index (Phi) is 5.18. The maximum atomic E-state index is 12.5. The summed E-state index contributed by atoms with van der Waals surface area (Å²) < 4.78 is 23.1. The molecule has 3 unspecified atom stereocenters. The van der Waals surface area contributed by atoms with E-state index in [2.05, 4.69) is 5.20 Å². The third kappa shape index (κ3) is 3.47. The monoisotopic (exact) mass is 355 g/mol. The van der Waals surface area contributed by atoms with Gasteiger partial charge in [0.15, 0.2) is 0 Å². The van der Waals surface area contributed by atoms with Crippen molar-refractivity contribution in [3.63, 3.8) is 0 Å². The summed E-state index contributed by atoms with van der Waals surface area (Å²) in [7, 11) is -3.93. The Bertz CT molecular complexity index is 508. The van der Waals surface area contributed by atoms with Gasteiger partial charge in [0, 0.05) is 11.8 Å². The predicted octanol–water partition coefficient (Wildman–Crippen LogP) is 1.39. The average molecular weight is 356 g/mol. The molecule has 3 N–H and O–H groups in total. The molecule has 0 aromatic carbocycles. The first-order valence-corrected chi connectivity index (χ1v) is 8.94. The lowest BCUT2D eigenvalue weighted by Gasteiger charge is -2.29. The van der Waals surface area contributed by atoms with Gasteiger partial charge in [-0.15, -0.1) is 5.20 Å². The Balaban J connectivity index is 2.02. The zero-order chi connectivity index (χ0) is 16.5. The van der Waals surface area contributed by atoms with Gasteiger partial charge in [0.05, 0.1) is 13.1 Å². The number of nitrogens with one attached hydrogen (secondary N) is 1. The highest BCUT2D eigenvalue weighted by molar-refractivity contribution is 7.58. The van der Waals surface area contributed by atoms with Gasteiger partial charge in [-0.1, -0.05) is 13.8 Å². The summed E-state index contributed by atoms with van der Waals surface area (Å²) in [5, 5.41) is 4.26. The Hall–Kier alpha value is -1.06. The molecule has 126 valence electrons. The molecule has 0 spiro atoms. The van der Waals surface area contributed by atoms with Gasteiger partial charge in [0.1, 0.15) is 12.2 Å². The highest BCUT2D eigenvalue weighted by Gasteiger charge is 2.43. The van der Waals surface area contributed by atoms with E-state index >= 15 is 0 Å². The van der Waals surface area contributed by atoms with Gasteiger partial charge in [0.25, 0.3) is 0 Å². The lowest BCUT2D eigenvalue weighted by molar-refractivity contribution is 0.116. The number of amides is 2. The lowest BCUT2D eigenvalue weighted by atomic mass is 10.3. The van der Waals surface area contributed by atoms with E-state index in [9.17, 15) is 14.2 Å². The maximum absolute atomic E-state index is 12.5. The number of carbonyl (C=O) groups is 2. The topological polar surface area (TPSA) is 117 Å². The molecule has 0 bridgehead atoms. The highest BCUT2D eigenvalue weighted by Crippen LogP contribution is 2.42. The van der Waals surface area contributed by atoms with Crippen LogP contribution >= 0.6 is 19.4 Å². The summed E-state index contributed by atoms with van der Waals surface area (Å²) in [4.78, 5) is 23.3. The molecule has 2 aliphatic rings. The standard InChI is InChI=1S/C10H19ClN5O5P/c1-3-7-5-14(9(17)20-7)13-22(12,19)16(11)15-6-8(4-2)21-10(15)18/h7-8H,3-6H2,1-2H3,(H3,12,13,19). The van der Waals surface area contributed by atoms with Crippen LogP contribution in [0.1, 0.15) is 26.7 Å². The first kappa shape index (κ1) is 17.3. The number of nitrogens with two attached hydrogens (primary N) is 1. The van der Waals surface area contributed by atoms with E-state index in [1.54, 1.807) is 0 Å². The molecule has 0 aromatic heterocycles. The summed E-state index contributed by atoms with van der Waals surface area (Å²) in [6.45, 7) is 4.00. The Morgan fingerprint density at radius 3 is 2.32 bits per heavy atom. The number of ether oxygens (including phenoxy) is 2. The van der Waals surface area contributed by atoms with Gasteiger partial charge in [-0.05, 0) is 17.1 Å². The highest BCUT2D eigenvalue weighted by atomic mass is 35.5. The number of hydrogen-bond donors (Lipinski definition) is 2. The van der Waals surface area contributed by atoms with E-state index in [4.69, 9.17) is 26.8 Å². The van der Waals surface area contributed by atoms with Gasteiger partial charge in [-0.25, -0.2) is 19.6 Å². The summed E-state index contributed by atoms with van der Waals surface area (Å²) in [5.41, 5.74) is 5.66. The van der Waals surface area contributed by atoms with Crippen molar-refractivity contribution in [1.29, 1.82) is 0 Å². The Morgan fingerprint density at radius 1 is 1.27 bits per heavy atom. The second-order valence-electron chi connectivity index (χ2n) is 4.98. The van der Waals surface area contributed by atoms with Crippen LogP contribution in [0.15, 0.2) is 0 Å². The maximum Gasteiger partial charge on any atom is 0.426 e. The molecule has 0 aliphatic carbocycles. The fraction of sp³-hybridized carbons (Fsp3) is 0.800. The van der Waals surface area contributed by atoms with Crippen molar-refractivity contribution in [3.8, 4) is 0 Å². The number of cyclic esters (lactones) is 2. The van der Waals surface area contributed by atoms with Crippen molar-refractivity contribution in [2.45, 2.75) is 38.9 Å². The van der Waals surface area contributed by atoms with Crippen molar-refractivity contribution in [1.82, 2.24) is 19.5 Å². The van der Waals surface area contributed by atoms with Crippen LogP contribution in [0.3, 0.4) is 0 Å². The Morgan fingerprint density at radius 2 is 1.82 bits per heavy atom. The van der Waals surface area contributed by atoms with E-state index in [1.165, 1.54) is 0 Å². The predicted molar refractivity (Wildman–Crippen MR) is 77.2 cm³/mol. The van der Waals surface area contributed by atoms with Crippen LogP contribution < -0.4 is 10.7 Å². The van der Waals surface area contributed by atoms with Crippen LogP contribution in [0.4, 0.5) is 9.59 Å². The van der Waals surface area contributed by atoms with Gasteiger partial charge >= 0.3 is 19.8 Å². The van der Waals surface area contributed by atoms with Crippen molar-refractivity contribution >= 4 is 31.6 Å². The first-order valence-electron chi connectivity index (χ1n) is 6.87. The van der Waals surface area contributed by atoms with Crippen LogP contribution in [0, 0.1) is 0 Å². The number of hydrazine groups is 2. The van der Waals surface area contributed by atoms with Crippen LogP contribution in [0.5, 0.6) is 0 Å². The molecule has 0 aromatic rings. The molecule has 2 rings (SSSR count). The molecule has 2 amide bonds. The van der Waals surface area contributed by atoms with Gasteiger partial charge in [0.2, 0.25) is 0 Å². The van der Waals surface area contributed by atoms with E-state index < -0.39 is 19.8 Å². The fourth-order valence-electron chi connectivity index (χ4n) is 2.04. The van der Waals surface area contributed by atoms with Crippen molar-refractivity contribution in [2.24, 2.45) is 5.50 Å². The molecule has 3 atom stereocenters.